The van der Waals surface area contributed by atoms with Crippen molar-refractivity contribution in [3.63, 3.8) is 0 Å². The van der Waals surface area contributed by atoms with Crippen molar-refractivity contribution in [1.29, 1.82) is 0 Å². The zero-order valence-electron chi connectivity index (χ0n) is 19.9. The maximum atomic E-state index is 11.9. The van der Waals surface area contributed by atoms with Gasteiger partial charge >= 0.3 is 0 Å². The van der Waals surface area contributed by atoms with Crippen molar-refractivity contribution >= 4 is 34.4 Å². The molecule has 1 amide bonds. The van der Waals surface area contributed by atoms with Gasteiger partial charge in [0.25, 0.3) is 5.91 Å². The summed E-state index contributed by atoms with van der Waals surface area (Å²) in [6, 6.07) is 7.82. The topological polar surface area (TPSA) is 98.4 Å². The lowest BCUT2D eigenvalue weighted by Crippen LogP contribution is -2.36. The van der Waals surface area contributed by atoms with E-state index in [0.29, 0.717) is 34.8 Å². The number of likely N-dealkylation sites (tertiary alicyclic amines) is 1. The van der Waals surface area contributed by atoms with Gasteiger partial charge in [0.15, 0.2) is 12.3 Å². The van der Waals surface area contributed by atoms with Gasteiger partial charge < -0.3 is 30.2 Å². The summed E-state index contributed by atoms with van der Waals surface area (Å²) in [6.45, 7) is 3.47. The summed E-state index contributed by atoms with van der Waals surface area (Å²) in [5.41, 5.74) is 3.13. The number of aromatic nitrogens is 3. The number of rotatable bonds is 9. The Hall–Kier alpha value is -2.88. The first-order chi connectivity index (χ1) is 16.4. The quantitative estimate of drug-likeness (QED) is 0.428. The van der Waals surface area contributed by atoms with E-state index in [1.807, 2.05) is 43.3 Å². The fourth-order valence-corrected chi connectivity index (χ4v) is 4.08. The van der Waals surface area contributed by atoms with Crippen LogP contribution >= 0.6 is 11.6 Å². The summed E-state index contributed by atoms with van der Waals surface area (Å²) >= 11 is 6.49. The molecule has 182 valence electrons. The minimum Gasteiger partial charge on any atom is -0.484 e. The number of carbonyl (C=O) groups excluding carboxylic acids is 1. The number of hydrogen-bond donors (Lipinski definition) is 3. The Morgan fingerprint density at radius 1 is 1.26 bits per heavy atom. The maximum absolute atomic E-state index is 11.9. The predicted octanol–water partition coefficient (Wildman–Crippen LogP) is 2.84. The second kappa shape index (κ2) is 11.0. The number of likely N-dealkylation sites (N-methyl/N-ethyl adjacent to an activating group) is 1. The Bertz CT molecular complexity index is 1110. The summed E-state index contributed by atoms with van der Waals surface area (Å²) in [4.78, 5) is 28.8. The largest absolute Gasteiger partial charge is 0.484 e. The van der Waals surface area contributed by atoms with Gasteiger partial charge in [0.2, 0.25) is 0 Å². The Morgan fingerprint density at radius 2 is 2.00 bits per heavy atom. The number of nitrogens with one attached hydrogen (secondary N) is 3. The number of anilines is 1. The molecule has 1 aliphatic heterocycles. The normalized spacial score (nSPS) is 15.1. The Labute approximate surface area is 204 Å². The molecule has 34 heavy (non-hydrogen) atoms. The molecule has 10 heteroatoms. The number of fused-ring (bicyclic) bond motifs is 1. The molecule has 0 atom stereocenters. The highest BCUT2D eigenvalue weighted by atomic mass is 35.5. The highest BCUT2D eigenvalue weighted by molar-refractivity contribution is 6.34. The van der Waals surface area contributed by atoms with Gasteiger partial charge in [0.1, 0.15) is 17.1 Å². The third-order valence-corrected chi connectivity index (χ3v) is 6.20. The lowest BCUT2D eigenvalue weighted by molar-refractivity contribution is -0.123. The van der Waals surface area contributed by atoms with Gasteiger partial charge in [0.05, 0.1) is 16.9 Å². The lowest BCUT2D eigenvalue weighted by atomic mass is 10.1. The molecular formula is C24H32ClN7O2. The van der Waals surface area contributed by atoms with Crippen LogP contribution < -0.4 is 15.4 Å². The van der Waals surface area contributed by atoms with E-state index < -0.39 is 0 Å². The van der Waals surface area contributed by atoms with Crippen LogP contribution in [0.3, 0.4) is 0 Å². The number of H-pyrrole nitrogens is 1. The first-order valence-corrected chi connectivity index (χ1v) is 11.9. The Morgan fingerprint density at radius 3 is 2.71 bits per heavy atom. The SMILES string of the molecule is CN(C)CCNC(=O)COc1ccc(-c2nc3c(NC4CCN(C)CC4)c(Cl)cnc3[nH]2)cc1. The minimum atomic E-state index is -0.143. The number of halogens is 1. The molecule has 0 bridgehead atoms. The Balaban J connectivity index is 1.42. The van der Waals surface area contributed by atoms with Crippen LogP contribution in [0.5, 0.6) is 5.75 Å². The number of amides is 1. The molecule has 1 saturated heterocycles. The summed E-state index contributed by atoms with van der Waals surface area (Å²) < 4.78 is 5.60. The number of piperidine rings is 1. The first kappa shape index (κ1) is 24.3. The van der Waals surface area contributed by atoms with Gasteiger partial charge in [-0.15, -0.1) is 0 Å². The van der Waals surface area contributed by atoms with E-state index >= 15 is 0 Å². The minimum absolute atomic E-state index is 0.0220. The van der Waals surface area contributed by atoms with Crippen LogP contribution in [0.1, 0.15) is 12.8 Å². The fourth-order valence-electron chi connectivity index (χ4n) is 3.89. The summed E-state index contributed by atoms with van der Waals surface area (Å²) in [6.07, 6.45) is 3.77. The highest BCUT2D eigenvalue weighted by Crippen LogP contribution is 2.32. The molecule has 1 aliphatic rings. The third kappa shape index (κ3) is 6.16. The van der Waals surface area contributed by atoms with Crippen LogP contribution in [0.25, 0.3) is 22.6 Å². The summed E-state index contributed by atoms with van der Waals surface area (Å²) in [5, 5.41) is 6.99. The van der Waals surface area contributed by atoms with Crippen molar-refractivity contribution in [2.45, 2.75) is 18.9 Å². The number of ether oxygens (including phenoxy) is 1. The van der Waals surface area contributed by atoms with Crippen LogP contribution in [0, 0.1) is 0 Å². The molecule has 0 saturated carbocycles. The number of imidazole rings is 1. The van der Waals surface area contributed by atoms with Crippen molar-refractivity contribution in [3.8, 4) is 17.1 Å². The standard InChI is InChI=1S/C24H32ClN7O2/c1-31(2)13-10-26-20(33)15-34-18-6-4-16(5-7-18)23-29-22-21(19(25)14-27-24(22)30-23)28-17-8-11-32(3)12-9-17/h4-7,14,17H,8-13,15H2,1-3H3,(H,26,33)(H2,27,28,29,30). The third-order valence-electron chi connectivity index (χ3n) is 5.91. The van der Waals surface area contributed by atoms with Crippen molar-refractivity contribution in [3.05, 3.63) is 35.5 Å². The molecule has 3 N–H and O–H groups in total. The molecule has 3 heterocycles. The number of aromatic amines is 1. The monoisotopic (exact) mass is 485 g/mol. The van der Waals surface area contributed by atoms with Gasteiger partial charge in [-0.05, 0) is 71.3 Å². The van der Waals surface area contributed by atoms with Crippen molar-refractivity contribution < 1.29 is 9.53 Å². The number of hydrogen-bond acceptors (Lipinski definition) is 7. The van der Waals surface area contributed by atoms with E-state index in [0.717, 1.165) is 49.2 Å². The van der Waals surface area contributed by atoms with E-state index in [4.69, 9.17) is 21.3 Å². The molecule has 0 radical (unpaired) electrons. The van der Waals surface area contributed by atoms with Crippen LogP contribution in [0.4, 0.5) is 5.69 Å². The number of pyridine rings is 1. The van der Waals surface area contributed by atoms with E-state index in [-0.39, 0.29) is 12.5 Å². The van der Waals surface area contributed by atoms with Crippen LogP contribution in [0.15, 0.2) is 30.5 Å². The van der Waals surface area contributed by atoms with E-state index in [2.05, 4.69) is 32.5 Å². The summed E-state index contributed by atoms with van der Waals surface area (Å²) in [5.74, 6) is 1.17. The number of nitrogens with zero attached hydrogens (tertiary/aromatic N) is 4. The van der Waals surface area contributed by atoms with Gasteiger partial charge in [-0.2, -0.15) is 0 Å². The average molecular weight is 486 g/mol. The predicted molar refractivity (Wildman–Crippen MR) is 136 cm³/mol. The summed E-state index contributed by atoms with van der Waals surface area (Å²) in [7, 11) is 6.07. The smallest absolute Gasteiger partial charge is 0.257 e. The molecule has 0 unspecified atom stereocenters. The van der Waals surface area contributed by atoms with Crippen LogP contribution in [0.2, 0.25) is 5.02 Å². The molecule has 2 aromatic heterocycles. The fraction of sp³-hybridized carbons (Fsp3) is 0.458. The second-order valence-electron chi connectivity index (χ2n) is 8.95. The molecule has 1 fully saturated rings. The maximum Gasteiger partial charge on any atom is 0.257 e. The molecule has 0 spiro atoms. The van der Waals surface area contributed by atoms with E-state index in [1.165, 1.54) is 0 Å². The first-order valence-electron chi connectivity index (χ1n) is 11.5. The molecule has 3 aromatic rings. The van der Waals surface area contributed by atoms with Crippen LogP contribution in [-0.4, -0.2) is 90.6 Å². The van der Waals surface area contributed by atoms with Crippen molar-refractivity contribution in [1.82, 2.24) is 30.1 Å². The second-order valence-corrected chi connectivity index (χ2v) is 9.36. The number of carbonyl (C=O) groups is 1. The number of benzene rings is 1. The molecule has 1 aromatic carbocycles. The highest BCUT2D eigenvalue weighted by Gasteiger charge is 2.20. The zero-order valence-corrected chi connectivity index (χ0v) is 20.7. The van der Waals surface area contributed by atoms with Crippen molar-refractivity contribution in [2.24, 2.45) is 0 Å². The van der Waals surface area contributed by atoms with Crippen LogP contribution in [-0.2, 0) is 4.79 Å². The molecule has 4 rings (SSSR count). The van der Waals surface area contributed by atoms with E-state index in [1.54, 1.807) is 6.20 Å². The lowest BCUT2D eigenvalue weighted by Gasteiger charge is -2.30. The Kier molecular flexibility index (Phi) is 7.87. The van der Waals surface area contributed by atoms with Gasteiger partial charge in [-0.1, -0.05) is 11.6 Å². The van der Waals surface area contributed by atoms with Crippen molar-refractivity contribution in [2.75, 3.05) is 59.2 Å². The molecule has 9 nitrogen and oxygen atoms in total. The van der Waals surface area contributed by atoms with Gasteiger partial charge in [0, 0.05) is 24.7 Å². The molecular weight excluding hydrogens is 454 g/mol. The van der Waals surface area contributed by atoms with Gasteiger partial charge in [-0.25, -0.2) is 9.97 Å². The van der Waals surface area contributed by atoms with E-state index in [9.17, 15) is 4.79 Å². The average Bonchev–Trinajstić information content (AvgIpc) is 3.26. The van der Waals surface area contributed by atoms with Gasteiger partial charge in [-0.3, -0.25) is 4.79 Å². The zero-order chi connectivity index (χ0) is 24.1. The molecule has 0 aliphatic carbocycles.